The van der Waals surface area contributed by atoms with Crippen molar-refractivity contribution in [1.82, 2.24) is 9.97 Å². The van der Waals surface area contributed by atoms with Gasteiger partial charge in [-0.15, -0.1) is 0 Å². The van der Waals surface area contributed by atoms with E-state index in [0.717, 1.165) is 28.8 Å². The van der Waals surface area contributed by atoms with E-state index < -0.39 is 0 Å². The van der Waals surface area contributed by atoms with Gasteiger partial charge >= 0.3 is 0 Å². The molecule has 0 bridgehead atoms. The zero-order valence-corrected chi connectivity index (χ0v) is 14.0. The summed E-state index contributed by atoms with van der Waals surface area (Å²) in [6.45, 7) is 2.05. The molecule has 4 nitrogen and oxygen atoms in total. The zero-order chi connectivity index (χ0) is 15.2. The summed E-state index contributed by atoms with van der Waals surface area (Å²) in [5, 5.41) is 9.75. The molecule has 0 fully saturated rings. The smallest absolute Gasteiger partial charge is 0.190 e. The van der Waals surface area contributed by atoms with Gasteiger partial charge in [0.2, 0.25) is 0 Å². The van der Waals surface area contributed by atoms with Crippen LogP contribution in [-0.4, -0.2) is 9.97 Å². The normalized spacial score (nSPS) is 10.3. The van der Waals surface area contributed by atoms with Gasteiger partial charge in [-0.1, -0.05) is 53.2 Å². The lowest BCUT2D eigenvalue weighted by atomic mass is 10.1. The van der Waals surface area contributed by atoms with Gasteiger partial charge in [-0.05, 0) is 24.1 Å². The van der Waals surface area contributed by atoms with Crippen LogP contribution in [0.4, 0.5) is 5.82 Å². The zero-order valence-electron chi connectivity index (χ0n) is 11.6. The minimum atomic E-state index is 0.272. The first-order chi connectivity index (χ1) is 10.1. The van der Waals surface area contributed by atoms with Gasteiger partial charge in [0, 0.05) is 10.2 Å². The van der Waals surface area contributed by atoms with Gasteiger partial charge in [-0.25, -0.2) is 9.97 Å². The number of nitriles is 1. The first-order valence-corrected chi connectivity index (χ1v) is 8.35. The SMILES string of the molecule is CCCc1nc(SCc2ccc(Br)cc2)nc(N)c1C#N. The van der Waals surface area contributed by atoms with E-state index in [1.807, 2.05) is 19.1 Å². The number of benzene rings is 1. The van der Waals surface area contributed by atoms with Crippen LogP contribution < -0.4 is 5.73 Å². The van der Waals surface area contributed by atoms with Crippen molar-refractivity contribution in [2.75, 3.05) is 5.73 Å². The van der Waals surface area contributed by atoms with Crippen molar-refractivity contribution >= 4 is 33.5 Å². The first kappa shape index (κ1) is 15.8. The van der Waals surface area contributed by atoms with Gasteiger partial charge < -0.3 is 5.73 Å². The highest BCUT2D eigenvalue weighted by molar-refractivity contribution is 9.10. The summed E-state index contributed by atoms with van der Waals surface area (Å²) in [5.74, 6) is 1.04. The Morgan fingerprint density at radius 1 is 1.29 bits per heavy atom. The summed E-state index contributed by atoms with van der Waals surface area (Å²) in [6.07, 6.45) is 1.66. The van der Waals surface area contributed by atoms with Crippen molar-refractivity contribution < 1.29 is 0 Å². The highest BCUT2D eigenvalue weighted by Crippen LogP contribution is 2.24. The number of thioether (sulfide) groups is 1. The third kappa shape index (κ3) is 4.19. The molecule has 0 aliphatic rings. The monoisotopic (exact) mass is 362 g/mol. The number of hydrogen-bond acceptors (Lipinski definition) is 5. The number of aryl methyl sites for hydroxylation is 1. The van der Waals surface area contributed by atoms with Gasteiger partial charge in [-0.3, -0.25) is 0 Å². The number of hydrogen-bond donors (Lipinski definition) is 1. The number of nitrogen functional groups attached to an aromatic ring is 1. The molecule has 0 atom stereocenters. The first-order valence-electron chi connectivity index (χ1n) is 6.57. The van der Waals surface area contributed by atoms with E-state index in [1.165, 1.54) is 17.3 Å². The lowest BCUT2D eigenvalue weighted by molar-refractivity contribution is 0.826. The number of nitrogens with two attached hydrogens (primary N) is 1. The quantitative estimate of drug-likeness (QED) is 0.643. The van der Waals surface area contributed by atoms with Crippen molar-refractivity contribution in [3.8, 4) is 6.07 Å². The largest absolute Gasteiger partial charge is 0.382 e. The molecule has 0 radical (unpaired) electrons. The Kier molecular flexibility index (Phi) is 5.59. The number of nitrogens with zero attached hydrogens (tertiary/aromatic N) is 3. The van der Waals surface area contributed by atoms with Crippen molar-refractivity contribution in [3.05, 3.63) is 45.6 Å². The van der Waals surface area contributed by atoms with E-state index in [2.05, 4.69) is 44.1 Å². The molecule has 0 spiro atoms. The lowest BCUT2D eigenvalue weighted by Gasteiger charge is -2.07. The van der Waals surface area contributed by atoms with Gasteiger partial charge in [0.05, 0.1) is 5.69 Å². The molecule has 2 aromatic rings. The van der Waals surface area contributed by atoms with E-state index in [4.69, 9.17) is 11.0 Å². The van der Waals surface area contributed by atoms with E-state index in [-0.39, 0.29) is 5.82 Å². The Labute approximate surface area is 136 Å². The molecule has 1 aromatic carbocycles. The number of halogens is 1. The van der Waals surface area contributed by atoms with Crippen LogP contribution in [0.1, 0.15) is 30.2 Å². The number of rotatable bonds is 5. The number of aromatic nitrogens is 2. The molecule has 0 amide bonds. The van der Waals surface area contributed by atoms with E-state index in [9.17, 15) is 0 Å². The van der Waals surface area contributed by atoms with Gasteiger partial charge in [0.15, 0.2) is 5.16 Å². The summed E-state index contributed by atoms with van der Waals surface area (Å²) in [5.41, 5.74) is 8.19. The van der Waals surface area contributed by atoms with Crippen LogP contribution in [0.2, 0.25) is 0 Å². The molecule has 0 saturated carbocycles. The van der Waals surface area contributed by atoms with Gasteiger partial charge in [-0.2, -0.15) is 5.26 Å². The number of anilines is 1. The Bertz CT molecular complexity index is 665. The summed E-state index contributed by atoms with van der Waals surface area (Å²) < 4.78 is 1.06. The molecule has 0 saturated heterocycles. The fourth-order valence-electron chi connectivity index (χ4n) is 1.84. The highest BCUT2D eigenvalue weighted by Gasteiger charge is 2.12. The summed E-state index contributed by atoms with van der Waals surface area (Å²) in [4.78, 5) is 8.68. The average molecular weight is 363 g/mol. The topological polar surface area (TPSA) is 75.6 Å². The molecule has 2 N–H and O–H groups in total. The molecule has 1 heterocycles. The summed E-state index contributed by atoms with van der Waals surface area (Å²) in [6, 6.07) is 10.2. The maximum Gasteiger partial charge on any atom is 0.190 e. The molecular weight excluding hydrogens is 348 g/mol. The van der Waals surface area contributed by atoms with Crippen LogP contribution in [0.3, 0.4) is 0 Å². The second-order valence-electron chi connectivity index (χ2n) is 4.49. The third-order valence-electron chi connectivity index (χ3n) is 2.87. The third-order valence-corrected chi connectivity index (χ3v) is 4.32. The van der Waals surface area contributed by atoms with Crippen molar-refractivity contribution in [1.29, 1.82) is 5.26 Å². The van der Waals surface area contributed by atoms with Crippen LogP contribution >= 0.6 is 27.7 Å². The predicted octanol–water partition coefficient (Wildman–Crippen LogP) is 3.94. The lowest BCUT2D eigenvalue weighted by Crippen LogP contribution is -2.05. The Balaban J connectivity index is 2.16. The maximum absolute atomic E-state index is 9.13. The van der Waals surface area contributed by atoms with Gasteiger partial charge in [0.1, 0.15) is 17.5 Å². The average Bonchev–Trinajstić information content (AvgIpc) is 2.47. The summed E-state index contributed by atoms with van der Waals surface area (Å²) in [7, 11) is 0. The molecule has 2 rings (SSSR count). The van der Waals surface area contributed by atoms with Crippen LogP contribution in [0, 0.1) is 11.3 Å². The minimum Gasteiger partial charge on any atom is -0.382 e. The highest BCUT2D eigenvalue weighted by atomic mass is 79.9. The standard InChI is InChI=1S/C15H15BrN4S/c1-2-3-13-12(8-17)14(18)20-15(19-13)21-9-10-4-6-11(16)7-5-10/h4-7H,2-3,9H2,1H3,(H2,18,19,20). The fraction of sp³-hybridized carbons (Fsp3) is 0.267. The molecule has 0 aliphatic heterocycles. The molecule has 6 heteroatoms. The second-order valence-corrected chi connectivity index (χ2v) is 6.35. The second kappa shape index (κ2) is 7.43. The van der Waals surface area contributed by atoms with Crippen LogP contribution in [0.25, 0.3) is 0 Å². The molecule has 0 unspecified atom stereocenters. The van der Waals surface area contributed by atoms with Crippen LogP contribution in [0.5, 0.6) is 0 Å². The maximum atomic E-state index is 9.13. The molecule has 0 aliphatic carbocycles. The van der Waals surface area contributed by atoms with E-state index in [0.29, 0.717) is 10.7 Å². The van der Waals surface area contributed by atoms with Crippen molar-refractivity contribution in [3.63, 3.8) is 0 Å². The molecular formula is C15H15BrN4S. The molecule has 21 heavy (non-hydrogen) atoms. The van der Waals surface area contributed by atoms with E-state index in [1.54, 1.807) is 0 Å². The fourth-order valence-corrected chi connectivity index (χ4v) is 2.93. The van der Waals surface area contributed by atoms with Crippen molar-refractivity contribution in [2.24, 2.45) is 0 Å². The molecule has 1 aromatic heterocycles. The Morgan fingerprint density at radius 2 is 2.00 bits per heavy atom. The Morgan fingerprint density at radius 3 is 2.62 bits per heavy atom. The summed E-state index contributed by atoms with van der Waals surface area (Å²) >= 11 is 4.94. The Hall–Kier alpha value is -1.58. The van der Waals surface area contributed by atoms with Gasteiger partial charge in [0.25, 0.3) is 0 Å². The van der Waals surface area contributed by atoms with E-state index >= 15 is 0 Å². The van der Waals surface area contributed by atoms with Crippen LogP contribution in [-0.2, 0) is 12.2 Å². The predicted molar refractivity (Wildman–Crippen MR) is 88.9 cm³/mol. The molecule has 108 valence electrons. The van der Waals surface area contributed by atoms with Crippen molar-refractivity contribution in [2.45, 2.75) is 30.7 Å². The minimum absolute atomic E-state index is 0.272. The van der Waals surface area contributed by atoms with Crippen LogP contribution in [0.15, 0.2) is 33.9 Å².